The van der Waals surface area contributed by atoms with Gasteiger partial charge in [0.2, 0.25) is 0 Å². The predicted molar refractivity (Wildman–Crippen MR) is 41.5 cm³/mol. The van der Waals surface area contributed by atoms with E-state index in [0.29, 0.717) is 26.4 Å². The third-order valence-corrected chi connectivity index (χ3v) is 1.05. The minimum absolute atomic E-state index is 0. The van der Waals surface area contributed by atoms with Gasteiger partial charge in [-0.05, 0) is 6.42 Å². The Hall–Kier alpha value is 0.840. The smallest absolute Gasteiger partial charge is 1.00 e. The van der Waals surface area contributed by atoms with Crippen LogP contribution < -0.4 is 29.6 Å². The molecule has 0 aromatic rings. The van der Waals surface area contributed by atoms with Crippen molar-refractivity contribution in [2.24, 2.45) is 0 Å². The number of aliphatic hydroxyl groups is 2. The van der Waals surface area contributed by atoms with E-state index < -0.39 is 0 Å². The predicted octanol–water partition coefficient (Wildman–Crippen LogP) is -3.49. The Morgan fingerprint density at radius 1 is 0.833 bits per heavy atom. The van der Waals surface area contributed by atoms with E-state index in [1.807, 2.05) is 0 Å². The van der Waals surface area contributed by atoms with E-state index in [0.717, 1.165) is 6.42 Å². The van der Waals surface area contributed by atoms with E-state index in [1.54, 1.807) is 0 Å². The fraction of sp³-hybridized carbons (Fsp3) is 1.00. The van der Waals surface area contributed by atoms with E-state index in [4.69, 9.17) is 19.7 Å². The summed E-state index contributed by atoms with van der Waals surface area (Å²) < 4.78 is 9.94. The largest absolute Gasteiger partial charge is 1.00 e. The molecule has 0 heterocycles. The standard InChI is InChI=1S/C7H16O4.Na.H/c8-2-6-10-4-1-5-11-7-3-9;;/h8-9H,1-7H2;;/q;+1;-1. The average Bonchev–Trinajstić information content (AvgIpc) is 2.03. The van der Waals surface area contributed by atoms with Gasteiger partial charge in [-0.2, -0.15) is 0 Å². The van der Waals surface area contributed by atoms with Crippen LogP contribution in [0.1, 0.15) is 7.85 Å². The molecule has 0 aliphatic heterocycles. The van der Waals surface area contributed by atoms with Crippen molar-refractivity contribution in [1.82, 2.24) is 0 Å². The Labute approximate surface area is 96.6 Å². The Bertz CT molecular complexity index is 69.5. The van der Waals surface area contributed by atoms with Crippen LogP contribution in [0.15, 0.2) is 0 Å². The van der Waals surface area contributed by atoms with Gasteiger partial charge in [0.25, 0.3) is 0 Å². The van der Waals surface area contributed by atoms with Gasteiger partial charge in [0, 0.05) is 13.2 Å². The van der Waals surface area contributed by atoms with Crippen molar-refractivity contribution in [3.05, 3.63) is 0 Å². The quantitative estimate of drug-likeness (QED) is 0.307. The first kappa shape index (κ1) is 15.3. The van der Waals surface area contributed by atoms with Crippen LogP contribution in [0.4, 0.5) is 0 Å². The van der Waals surface area contributed by atoms with Crippen LogP contribution in [0.25, 0.3) is 0 Å². The third-order valence-electron chi connectivity index (χ3n) is 1.05. The maximum absolute atomic E-state index is 8.32. The van der Waals surface area contributed by atoms with Crippen LogP contribution in [0.3, 0.4) is 0 Å². The van der Waals surface area contributed by atoms with Crippen LogP contribution in [-0.4, -0.2) is 49.9 Å². The molecule has 0 saturated carbocycles. The first-order valence-corrected chi connectivity index (χ1v) is 3.79. The minimum atomic E-state index is 0. The molecule has 12 heavy (non-hydrogen) atoms. The molecule has 0 rings (SSSR count). The molecule has 0 spiro atoms. The van der Waals surface area contributed by atoms with Gasteiger partial charge in [-0.1, -0.05) is 0 Å². The molecule has 0 amide bonds. The van der Waals surface area contributed by atoms with E-state index in [-0.39, 0.29) is 44.2 Å². The Balaban J connectivity index is -0.000000500. The number of hydrogen-bond acceptors (Lipinski definition) is 4. The maximum atomic E-state index is 8.32. The molecule has 0 saturated heterocycles. The zero-order valence-electron chi connectivity index (χ0n) is 8.66. The summed E-state index contributed by atoms with van der Waals surface area (Å²) in [5.41, 5.74) is 0. The number of hydrogen-bond donors (Lipinski definition) is 2. The summed E-state index contributed by atoms with van der Waals surface area (Å²) in [6.45, 7) is 2.12. The van der Waals surface area contributed by atoms with Crippen molar-refractivity contribution in [1.29, 1.82) is 0 Å². The van der Waals surface area contributed by atoms with Crippen LogP contribution in [0, 0.1) is 0 Å². The van der Waals surface area contributed by atoms with Gasteiger partial charge in [0.05, 0.1) is 26.4 Å². The number of ether oxygens (including phenoxy) is 2. The van der Waals surface area contributed by atoms with Crippen molar-refractivity contribution < 1.29 is 50.7 Å². The number of rotatable bonds is 8. The van der Waals surface area contributed by atoms with Crippen molar-refractivity contribution in [3.8, 4) is 0 Å². The number of aliphatic hydroxyl groups excluding tert-OH is 2. The fourth-order valence-electron chi connectivity index (χ4n) is 0.596. The van der Waals surface area contributed by atoms with Gasteiger partial charge in [0.15, 0.2) is 0 Å². The topological polar surface area (TPSA) is 58.9 Å². The van der Waals surface area contributed by atoms with Gasteiger partial charge >= 0.3 is 29.6 Å². The molecule has 0 unspecified atom stereocenters. The summed E-state index contributed by atoms with van der Waals surface area (Å²) in [7, 11) is 0. The SMILES string of the molecule is OCCOCCCOCCO.[H-].[Na+]. The van der Waals surface area contributed by atoms with Gasteiger partial charge in [-0.15, -0.1) is 0 Å². The molecule has 0 bridgehead atoms. The van der Waals surface area contributed by atoms with E-state index in [9.17, 15) is 0 Å². The molecule has 0 aliphatic rings. The molecule has 0 atom stereocenters. The Morgan fingerprint density at radius 2 is 1.25 bits per heavy atom. The van der Waals surface area contributed by atoms with Crippen LogP contribution >= 0.6 is 0 Å². The van der Waals surface area contributed by atoms with Crippen LogP contribution in [0.2, 0.25) is 0 Å². The van der Waals surface area contributed by atoms with Gasteiger partial charge in [0.1, 0.15) is 0 Å². The molecule has 0 radical (unpaired) electrons. The first-order valence-electron chi connectivity index (χ1n) is 3.79. The first-order chi connectivity index (χ1) is 5.41. The van der Waals surface area contributed by atoms with Crippen molar-refractivity contribution in [2.45, 2.75) is 6.42 Å². The summed E-state index contributed by atoms with van der Waals surface area (Å²) in [4.78, 5) is 0. The Kier molecular flexibility index (Phi) is 18.3. The van der Waals surface area contributed by atoms with Crippen molar-refractivity contribution in [3.63, 3.8) is 0 Å². The molecule has 4 nitrogen and oxygen atoms in total. The average molecular weight is 188 g/mol. The molecule has 0 aliphatic carbocycles. The summed E-state index contributed by atoms with van der Waals surface area (Å²) >= 11 is 0. The monoisotopic (exact) mass is 188 g/mol. The van der Waals surface area contributed by atoms with Gasteiger partial charge in [-0.25, -0.2) is 0 Å². The normalized spacial score (nSPS) is 9.50. The molecular formula is C7H17NaO4. The third kappa shape index (κ3) is 13.4. The molecule has 0 aromatic heterocycles. The van der Waals surface area contributed by atoms with Gasteiger partial charge in [-0.3, -0.25) is 0 Å². The zero-order chi connectivity index (χ0) is 8.36. The summed E-state index contributed by atoms with van der Waals surface area (Å²) in [6, 6.07) is 0. The molecule has 70 valence electrons. The second-order valence-corrected chi connectivity index (χ2v) is 2.03. The van der Waals surface area contributed by atoms with Gasteiger partial charge < -0.3 is 21.1 Å². The minimum Gasteiger partial charge on any atom is -1.00 e. The second-order valence-electron chi connectivity index (χ2n) is 2.03. The van der Waals surface area contributed by atoms with E-state index in [1.165, 1.54) is 0 Å². The molecular weight excluding hydrogens is 171 g/mol. The van der Waals surface area contributed by atoms with E-state index >= 15 is 0 Å². The molecule has 0 aromatic carbocycles. The van der Waals surface area contributed by atoms with Crippen molar-refractivity contribution >= 4 is 0 Å². The summed E-state index contributed by atoms with van der Waals surface area (Å²) in [6.07, 6.45) is 0.806. The molecule has 5 heteroatoms. The summed E-state index contributed by atoms with van der Waals surface area (Å²) in [5.74, 6) is 0. The maximum Gasteiger partial charge on any atom is 1.00 e. The molecule has 0 fully saturated rings. The fourth-order valence-corrected chi connectivity index (χ4v) is 0.596. The zero-order valence-corrected chi connectivity index (χ0v) is 9.66. The Morgan fingerprint density at radius 3 is 1.58 bits per heavy atom. The second kappa shape index (κ2) is 14.4. The van der Waals surface area contributed by atoms with Crippen molar-refractivity contribution in [2.75, 3.05) is 39.6 Å². The van der Waals surface area contributed by atoms with Crippen LogP contribution in [0.5, 0.6) is 0 Å². The molecule has 2 N–H and O–H groups in total. The van der Waals surface area contributed by atoms with E-state index in [2.05, 4.69) is 0 Å². The van der Waals surface area contributed by atoms with Crippen LogP contribution in [-0.2, 0) is 9.47 Å². The summed E-state index contributed by atoms with van der Waals surface area (Å²) in [5, 5.41) is 16.6.